The van der Waals surface area contributed by atoms with Gasteiger partial charge in [0.1, 0.15) is 0 Å². The minimum atomic E-state index is -3.54. The molecule has 2 aromatic rings. The van der Waals surface area contributed by atoms with Gasteiger partial charge in [0.05, 0.1) is 10.9 Å². The van der Waals surface area contributed by atoms with E-state index in [-0.39, 0.29) is 16.8 Å². The number of sulfone groups is 1. The number of piperazine rings is 1. The molecule has 9 heteroatoms. The molecule has 1 aliphatic rings. The largest absolute Gasteiger partial charge is 0.297 e. The zero-order valence-electron chi connectivity index (χ0n) is 17.2. The van der Waals surface area contributed by atoms with Gasteiger partial charge >= 0.3 is 0 Å². The Kier molecular flexibility index (Phi) is 7.15. The Balaban J connectivity index is 1.79. The summed E-state index contributed by atoms with van der Waals surface area (Å²) in [6.07, 6.45) is 3.77. The van der Waals surface area contributed by atoms with E-state index in [0.29, 0.717) is 5.82 Å². The SMILES string of the molecule is C=CCN1CCN([C@H](CCC)c2nnnn2CS(=O)(=O)c2ccc(C)cc2)CC1. The first kappa shape index (κ1) is 21.6. The molecule has 1 atom stereocenters. The molecule has 0 aliphatic carbocycles. The summed E-state index contributed by atoms with van der Waals surface area (Å²) in [5.41, 5.74) is 1.02. The molecule has 1 aromatic carbocycles. The molecular weight excluding hydrogens is 388 g/mol. The van der Waals surface area contributed by atoms with Crippen LogP contribution < -0.4 is 0 Å². The van der Waals surface area contributed by atoms with Gasteiger partial charge in [0.25, 0.3) is 0 Å². The lowest BCUT2D eigenvalue weighted by Crippen LogP contribution is -2.48. The van der Waals surface area contributed by atoms with Crippen LogP contribution in [0.2, 0.25) is 0 Å². The third kappa shape index (κ3) is 5.29. The van der Waals surface area contributed by atoms with Crippen LogP contribution in [0, 0.1) is 6.92 Å². The molecule has 8 nitrogen and oxygen atoms in total. The fourth-order valence-electron chi connectivity index (χ4n) is 3.71. The maximum Gasteiger partial charge on any atom is 0.198 e. The molecule has 0 spiro atoms. The lowest BCUT2D eigenvalue weighted by Gasteiger charge is -2.38. The Morgan fingerprint density at radius 2 is 1.86 bits per heavy atom. The molecule has 29 heavy (non-hydrogen) atoms. The van der Waals surface area contributed by atoms with E-state index in [2.05, 4.69) is 38.8 Å². The second-order valence-electron chi connectivity index (χ2n) is 7.52. The van der Waals surface area contributed by atoms with Crippen LogP contribution in [0.3, 0.4) is 0 Å². The van der Waals surface area contributed by atoms with Crippen LogP contribution in [0.15, 0.2) is 41.8 Å². The van der Waals surface area contributed by atoms with Gasteiger partial charge in [-0.25, -0.2) is 13.1 Å². The fraction of sp³-hybridized carbons (Fsp3) is 0.550. The van der Waals surface area contributed by atoms with Crippen molar-refractivity contribution in [1.82, 2.24) is 30.0 Å². The molecule has 1 saturated heterocycles. The van der Waals surface area contributed by atoms with Crippen molar-refractivity contribution < 1.29 is 8.42 Å². The highest BCUT2D eigenvalue weighted by Gasteiger charge is 2.29. The van der Waals surface area contributed by atoms with Gasteiger partial charge in [-0.15, -0.1) is 11.7 Å². The van der Waals surface area contributed by atoms with E-state index in [1.54, 1.807) is 24.3 Å². The van der Waals surface area contributed by atoms with Crippen LogP contribution in [0.1, 0.15) is 37.2 Å². The van der Waals surface area contributed by atoms with Crippen molar-refractivity contribution in [2.75, 3.05) is 32.7 Å². The van der Waals surface area contributed by atoms with E-state index in [1.807, 2.05) is 13.0 Å². The molecule has 2 heterocycles. The van der Waals surface area contributed by atoms with Crippen LogP contribution in [0.5, 0.6) is 0 Å². The minimum absolute atomic E-state index is 0.00842. The highest BCUT2D eigenvalue weighted by atomic mass is 32.2. The second kappa shape index (κ2) is 9.60. The summed E-state index contributed by atoms with van der Waals surface area (Å²) in [5.74, 6) is 0.370. The lowest BCUT2D eigenvalue weighted by atomic mass is 10.1. The molecule has 1 fully saturated rings. The summed E-state index contributed by atoms with van der Waals surface area (Å²) in [4.78, 5) is 5.01. The van der Waals surface area contributed by atoms with Crippen molar-refractivity contribution in [1.29, 1.82) is 0 Å². The Morgan fingerprint density at radius 3 is 2.48 bits per heavy atom. The topological polar surface area (TPSA) is 84.2 Å². The molecule has 0 radical (unpaired) electrons. The van der Waals surface area contributed by atoms with Gasteiger partial charge in [-0.1, -0.05) is 37.1 Å². The van der Waals surface area contributed by atoms with Crippen LogP contribution >= 0.6 is 0 Å². The van der Waals surface area contributed by atoms with Crippen LogP contribution in [0.25, 0.3) is 0 Å². The fourth-order valence-corrected chi connectivity index (χ4v) is 4.92. The molecule has 0 unspecified atom stereocenters. The monoisotopic (exact) mass is 418 g/mol. The third-order valence-electron chi connectivity index (χ3n) is 5.33. The zero-order chi connectivity index (χ0) is 20.9. The standard InChI is InChI=1S/C20H30N6O2S/c1-4-6-19(25-14-12-24(11-5-2)13-15-25)20-21-22-23-26(20)16-29(27,28)18-9-7-17(3)8-10-18/h5,7-10,19H,2,4,6,11-16H2,1,3H3/t19-/m1/s1. The van der Waals surface area contributed by atoms with Gasteiger partial charge in [-0.05, 0) is 35.9 Å². The normalized spacial score (nSPS) is 17.3. The number of aromatic nitrogens is 4. The zero-order valence-corrected chi connectivity index (χ0v) is 18.1. The number of rotatable bonds is 9. The van der Waals surface area contributed by atoms with Crippen molar-refractivity contribution in [3.05, 3.63) is 48.3 Å². The van der Waals surface area contributed by atoms with Crippen molar-refractivity contribution in [2.24, 2.45) is 0 Å². The van der Waals surface area contributed by atoms with Gasteiger partial charge in [0, 0.05) is 32.7 Å². The van der Waals surface area contributed by atoms with Crippen LogP contribution in [-0.2, 0) is 15.7 Å². The van der Waals surface area contributed by atoms with Gasteiger partial charge < -0.3 is 0 Å². The van der Waals surface area contributed by atoms with Gasteiger partial charge in [0.15, 0.2) is 21.5 Å². The van der Waals surface area contributed by atoms with Gasteiger partial charge in [-0.2, -0.15) is 0 Å². The van der Waals surface area contributed by atoms with Crippen molar-refractivity contribution >= 4 is 9.84 Å². The molecule has 1 aliphatic heterocycles. The van der Waals surface area contributed by atoms with Gasteiger partial charge in [-0.3, -0.25) is 9.80 Å². The van der Waals surface area contributed by atoms with E-state index in [4.69, 9.17) is 0 Å². The molecular formula is C20H30N6O2S. The summed E-state index contributed by atoms with van der Waals surface area (Å²) >= 11 is 0. The number of hydrogen-bond donors (Lipinski definition) is 0. The van der Waals surface area contributed by atoms with Crippen molar-refractivity contribution in [2.45, 2.75) is 43.5 Å². The molecule has 158 valence electrons. The summed E-state index contributed by atoms with van der Waals surface area (Å²) < 4.78 is 27.2. The predicted octanol–water partition coefficient (Wildman–Crippen LogP) is 2.06. The molecule has 0 saturated carbocycles. The number of tetrazole rings is 1. The number of aryl methyl sites for hydroxylation is 1. The lowest BCUT2D eigenvalue weighted by molar-refractivity contribution is 0.0925. The predicted molar refractivity (Wildman–Crippen MR) is 112 cm³/mol. The average Bonchev–Trinajstić information content (AvgIpc) is 3.14. The average molecular weight is 419 g/mol. The van der Waals surface area contributed by atoms with E-state index < -0.39 is 9.84 Å². The second-order valence-corrected chi connectivity index (χ2v) is 9.48. The van der Waals surface area contributed by atoms with Crippen LogP contribution in [-0.4, -0.2) is 71.1 Å². The number of benzene rings is 1. The Bertz CT molecular complexity index is 901. The Hall–Kier alpha value is -2.10. The summed E-state index contributed by atoms with van der Waals surface area (Å²) in [6.45, 7) is 12.5. The Labute approximate surface area is 173 Å². The molecule has 0 amide bonds. The minimum Gasteiger partial charge on any atom is -0.297 e. The van der Waals surface area contributed by atoms with E-state index in [1.165, 1.54) is 4.68 Å². The van der Waals surface area contributed by atoms with E-state index >= 15 is 0 Å². The van der Waals surface area contributed by atoms with Crippen LogP contribution in [0.4, 0.5) is 0 Å². The maximum atomic E-state index is 12.9. The van der Waals surface area contributed by atoms with E-state index in [9.17, 15) is 8.42 Å². The molecule has 3 rings (SSSR count). The molecule has 1 aromatic heterocycles. The van der Waals surface area contributed by atoms with Crippen molar-refractivity contribution in [3.63, 3.8) is 0 Å². The molecule has 0 bridgehead atoms. The first-order valence-electron chi connectivity index (χ1n) is 10.1. The first-order valence-corrected chi connectivity index (χ1v) is 11.7. The molecule has 0 N–H and O–H groups in total. The number of nitrogens with zero attached hydrogens (tertiary/aromatic N) is 6. The summed E-state index contributed by atoms with van der Waals surface area (Å²) in [7, 11) is -3.54. The smallest absolute Gasteiger partial charge is 0.198 e. The quantitative estimate of drug-likeness (QED) is 0.576. The van der Waals surface area contributed by atoms with Crippen molar-refractivity contribution in [3.8, 4) is 0 Å². The van der Waals surface area contributed by atoms with Gasteiger partial charge in [0.2, 0.25) is 0 Å². The van der Waals surface area contributed by atoms with E-state index in [0.717, 1.165) is 51.1 Å². The summed E-state index contributed by atoms with van der Waals surface area (Å²) in [6, 6.07) is 6.88. The highest BCUT2D eigenvalue weighted by molar-refractivity contribution is 7.90. The Morgan fingerprint density at radius 1 is 1.17 bits per heavy atom. The number of hydrogen-bond acceptors (Lipinski definition) is 7. The first-order chi connectivity index (χ1) is 13.9. The highest BCUT2D eigenvalue weighted by Crippen LogP contribution is 2.26. The summed E-state index contributed by atoms with van der Waals surface area (Å²) in [5, 5.41) is 12.0. The third-order valence-corrected chi connectivity index (χ3v) is 6.90. The maximum absolute atomic E-state index is 12.9.